The Morgan fingerprint density at radius 3 is 1.73 bits per heavy atom. The summed E-state index contributed by atoms with van der Waals surface area (Å²) < 4.78 is 16.7. The number of hydrogen-bond donors (Lipinski definition) is 1. The summed E-state index contributed by atoms with van der Waals surface area (Å²) in [5, 5.41) is 21.9. The summed E-state index contributed by atoms with van der Waals surface area (Å²) in [6.07, 6.45) is 0. The summed E-state index contributed by atoms with van der Waals surface area (Å²) >= 11 is -2.97. The van der Waals surface area contributed by atoms with Crippen LogP contribution in [0.1, 0.15) is 6.92 Å². The van der Waals surface area contributed by atoms with E-state index < -0.39 is 30.4 Å². The van der Waals surface area contributed by atoms with Crippen molar-refractivity contribution >= 4 is 26.8 Å². The molecule has 0 saturated carbocycles. The van der Waals surface area contributed by atoms with Crippen LogP contribution in [-0.2, 0) is 4.74 Å². The summed E-state index contributed by atoms with van der Waals surface area (Å²) in [5.41, 5.74) is 0. The summed E-state index contributed by atoms with van der Waals surface area (Å²) in [6.45, 7) is 1.80. The van der Waals surface area contributed by atoms with Gasteiger partial charge in [0.25, 0.3) is 0 Å². The molecule has 0 atom stereocenters. The van der Waals surface area contributed by atoms with Gasteiger partial charge in [-0.25, -0.2) is 0 Å². The fourth-order valence-corrected chi connectivity index (χ4v) is 7.69. The Labute approximate surface area is 158 Å². The van der Waals surface area contributed by atoms with Crippen molar-refractivity contribution in [2.45, 2.75) is 6.92 Å². The van der Waals surface area contributed by atoms with Gasteiger partial charge in [-0.1, -0.05) is 0 Å². The monoisotopic (exact) mass is 476 g/mol. The summed E-state index contributed by atoms with van der Waals surface area (Å²) in [6, 6.07) is 14.2. The van der Waals surface area contributed by atoms with E-state index in [1.165, 1.54) is 0 Å². The maximum absolute atomic E-state index is 11.8. The van der Waals surface area contributed by atoms with Crippen molar-refractivity contribution in [3.8, 4) is 11.5 Å². The molecule has 0 aliphatic carbocycles. The van der Waals surface area contributed by atoms with Crippen molar-refractivity contribution in [1.82, 2.24) is 0 Å². The Bertz CT molecular complexity index is 726. The standard InChI is InChI=1S/C18H19NO6Te/c1-4-25-18(20)17(19(21)22)26(15-9-5-13(23-2)6-10-15)16-11-7-14(24-3)8-12-16/h5-12H,4H2,1-3H3/p+1/b18-17+. The van der Waals surface area contributed by atoms with Crippen LogP contribution in [0.15, 0.2) is 58.2 Å². The zero-order chi connectivity index (χ0) is 19.1. The van der Waals surface area contributed by atoms with Gasteiger partial charge in [0, 0.05) is 0 Å². The molecule has 2 aromatic carbocycles. The molecule has 1 N–H and O–H groups in total. The minimum absolute atomic E-state index is 0.139. The van der Waals surface area contributed by atoms with Gasteiger partial charge >= 0.3 is 159 Å². The Balaban J connectivity index is 2.62. The summed E-state index contributed by atoms with van der Waals surface area (Å²) in [7, 11) is 3.11. The van der Waals surface area contributed by atoms with Gasteiger partial charge in [0.1, 0.15) is 0 Å². The second-order valence-corrected chi connectivity index (χ2v) is 10.5. The van der Waals surface area contributed by atoms with E-state index >= 15 is 0 Å². The first-order chi connectivity index (χ1) is 12.5. The molecule has 0 amide bonds. The molecule has 138 valence electrons. The zero-order valence-electron chi connectivity index (χ0n) is 14.7. The quantitative estimate of drug-likeness (QED) is 0.272. The van der Waals surface area contributed by atoms with Gasteiger partial charge in [0.15, 0.2) is 0 Å². The van der Waals surface area contributed by atoms with Crippen molar-refractivity contribution < 1.29 is 24.2 Å². The normalized spacial score (nSPS) is 11.7. The summed E-state index contributed by atoms with van der Waals surface area (Å²) in [5.74, 6) is 0.685. The zero-order valence-corrected chi connectivity index (χ0v) is 17.0. The predicted molar refractivity (Wildman–Crippen MR) is 99.3 cm³/mol. The first-order valence-electron chi connectivity index (χ1n) is 7.74. The van der Waals surface area contributed by atoms with E-state index in [9.17, 15) is 15.2 Å². The number of aliphatic hydroxyl groups excluding tert-OH is 1. The molecule has 8 heteroatoms. The molecule has 7 nitrogen and oxygen atoms in total. The van der Waals surface area contributed by atoms with E-state index in [0.717, 1.165) is 7.22 Å². The van der Waals surface area contributed by atoms with Gasteiger partial charge in [-0.15, -0.1) is 0 Å². The molecule has 2 rings (SSSR count). The molecule has 0 saturated heterocycles. The number of nitrogens with zero attached hydrogens (tertiary/aromatic N) is 1. The molecular formula is C18H20NO6Te+. The van der Waals surface area contributed by atoms with Crippen LogP contribution < -0.4 is 16.7 Å². The van der Waals surface area contributed by atoms with Gasteiger partial charge in [-0.3, -0.25) is 0 Å². The van der Waals surface area contributed by atoms with Crippen molar-refractivity contribution in [2.24, 2.45) is 0 Å². The fraction of sp³-hybridized carbons (Fsp3) is 0.222. The topological polar surface area (TPSA) is 91.1 Å². The number of nitro groups is 1. The van der Waals surface area contributed by atoms with E-state index in [1.807, 2.05) is 0 Å². The Morgan fingerprint density at radius 1 is 1.00 bits per heavy atom. The van der Waals surface area contributed by atoms with E-state index in [-0.39, 0.29) is 10.4 Å². The molecule has 0 spiro atoms. The van der Waals surface area contributed by atoms with E-state index in [4.69, 9.17) is 14.2 Å². The third-order valence-corrected chi connectivity index (χ3v) is 9.69. The van der Waals surface area contributed by atoms with Gasteiger partial charge in [-0.2, -0.15) is 0 Å². The Kier molecular flexibility index (Phi) is 7.13. The Morgan fingerprint density at radius 2 is 1.42 bits per heavy atom. The predicted octanol–water partition coefficient (Wildman–Crippen LogP) is 1.89. The Hall–Kier alpha value is -2.43. The number of aliphatic hydroxyl groups is 1. The van der Waals surface area contributed by atoms with Gasteiger partial charge in [0.2, 0.25) is 0 Å². The number of benzene rings is 2. The van der Waals surface area contributed by atoms with Crippen LogP contribution in [0.2, 0.25) is 0 Å². The molecule has 0 bridgehead atoms. The molecule has 0 aliphatic heterocycles. The first kappa shape index (κ1) is 19.9. The van der Waals surface area contributed by atoms with Crippen LogP contribution in [0.4, 0.5) is 0 Å². The van der Waals surface area contributed by atoms with E-state index in [0.29, 0.717) is 11.5 Å². The van der Waals surface area contributed by atoms with Gasteiger partial charge in [0.05, 0.1) is 0 Å². The number of hydrogen-bond acceptors (Lipinski definition) is 6. The molecular weight excluding hydrogens is 454 g/mol. The second-order valence-electron chi connectivity index (χ2n) is 4.96. The number of rotatable bonds is 8. The molecule has 0 heterocycles. The third-order valence-electron chi connectivity index (χ3n) is 3.41. The molecule has 0 radical (unpaired) electrons. The van der Waals surface area contributed by atoms with Crippen molar-refractivity contribution in [1.29, 1.82) is 0 Å². The van der Waals surface area contributed by atoms with Gasteiger partial charge < -0.3 is 0 Å². The molecule has 0 aliphatic rings. The first-order valence-corrected chi connectivity index (χ1v) is 11.2. The fourth-order valence-electron chi connectivity index (χ4n) is 2.22. The average molecular weight is 474 g/mol. The maximum atomic E-state index is 11.8. The van der Waals surface area contributed by atoms with Crippen molar-refractivity contribution in [3.63, 3.8) is 0 Å². The molecule has 2 aromatic rings. The second kappa shape index (κ2) is 9.32. The minimum atomic E-state index is -2.97. The van der Waals surface area contributed by atoms with Crippen LogP contribution in [-0.4, -0.2) is 50.4 Å². The molecule has 0 aromatic heterocycles. The van der Waals surface area contributed by atoms with E-state index in [2.05, 4.69) is 0 Å². The molecule has 0 unspecified atom stereocenters. The van der Waals surface area contributed by atoms with Crippen molar-refractivity contribution in [3.05, 3.63) is 68.3 Å². The van der Waals surface area contributed by atoms with Crippen LogP contribution in [0.3, 0.4) is 0 Å². The third kappa shape index (κ3) is 4.59. The molecule has 0 fully saturated rings. The van der Waals surface area contributed by atoms with Gasteiger partial charge in [-0.05, 0) is 0 Å². The van der Waals surface area contributed by atoms with Crippen molar-refractivity contribution in [2.75, 3.05) is 20.8 Å². The van der Waals surface area contributed by atoms with Crippen LogP contribution >= 0.6 is 0 Å². The van der Waals surface area contributed by atoms with Crippen LogP contribution in [0, 0.1) is 10.1 Å². The SMILES string of the molecule is CCO/C(O)=C(\[N+](=O)[O-])[Te+](c1ccc(OC)cc1)c1ccc(OC)cc1. The van der Waals surface area contributed by atoms with E-state index in [1.54, 1.807) is 69.7 Å². The number of ether oxygens (including phenoxy) is 3. The van der Waals surface area contributed by atoms with Crippen LogP contribution in [0.5, 0.6) is 11.5 Å². The molecule has 26 heavy (non-hydrogen) atoms. The summed E-state index contributed by atoms with van der Waals surface area (Å²) in [4.78, 5) is 11.2. The number of methoxy groups -OCH3 is 2. The average Bonchev–Trinajstić information content (AvgIpc) is 2.66. The van der Waals surface area contributed by atoms with Crippen LogP contribution in [0.25, 0.3) is 0 Å².